The maximum absolute atomic E-state index is 14.1. The molecule has 0 aromatic rings. The molecule has 0 bridgehead atoms. The highest BCUT2D eigenvalue weighted by atomic mass is 19.3. The van der Waals surface area contributed by atoms with Crippen molar-refractivity contribution in [3.63, 3.8) is 0 Å². The second-order valence-corrected chi connectivity index (χ2v) is 9.28. The minimum Gasteiger partial charge on any atom is -0.368 e. The Hall–Kier alpha value is -1.44. The molecule has 0 spiro atoms. The first-order valence-electron chi connectivity index (χ1n) is 10.6. The van der Waals surface area contributed by atoms with E-state index in [-0.39, 0.29) is 17.8 Å². The normalized spacial score (nSPS) is 22.7. The van der Waals surface area contributed by atoms with E-state index in [0.29, 0.717) is 19.1 Å². The molecule has 8 heteroatoms. The molecule has 160 valence electrons. The summed E-state index contributed by atoms with van der Waals surface area (Å²) in [7, 11) is 2.14. The summed E-state index contributed by atoms with van der Waals surface area (Å²) in [6, 6.07) is -1.09. The lowest BCUT2D eigenvalue weighted by molar-refractivity contribution is -0.123. The van der Waals surface area contributed by atoms with Crippen molar-refractivity contribution >= 4 is 11.9 Å². The Morgan fingerprint density at radius 1 is 1.29 bits per heavy atom. The summed E-state index contributed by atoms with van der Waals surface area (Å²) in [6.45, 7) is 4.32. The minimum absolute atomic E-state index is 0.0357. The molecule has 1 atom stereocenters. The molecule has 1 saturated heterocycles. The van der Waals surface area contributed by atoms with Gasteiger partial charge in [-0.25, -0.2) is 13.6 Å². The summed E-state index contributed by atoms with van der Waals surface area (Å²) >= 11 is 0. The van der Waals surface area contributed by atoms with Crippen molar-refractivity contribution in [1.82, 2.24) is 15.1 Å². The van der Waals surface area contributed by atoms with E-state index in [0.717, 1.165) is 32.2 Å². The number of nitrogens with one attached hydrogen (secondary N) is 1. The smallest absolute Gasteiger partial charge is 0.318 e. The maximum atomic E-state index is 14.1. The van der Waals surface area contributed by atoms with Gasteiger partial charge in [0.15, 0.2) is 0 Å². The predicted octanol–water partition coefficient (Wildman–Crippen LogP) is 2.57. The number of hydrogen-bond donors (Lipinski definition) is 2. The fourth-order valence-electron chi connectivity index (χ4n) is 4.17. The molecule has 1 heterocycles. The highest BCUT2D eigenvalue weighted by Gasteiger charge is 2.46. The molecule has 2 aliphatic carbocycles. The zero-order valence-electron chi connectivity index (χ0n) is 17.1. The Kier molecular flexibility index (Phi) is 6.17. The van der Waals surface area contributed by atoms with E-state index in [4.69, 9.17) is 5.73 Å². The molecule has 3 fully saturated rings. The average molecular weight is 401 g/mol. The monoisotopic (exact) mass is 400 g/mol. The van der Waals surface area contributed by atoms with E-state index >= 15 is 0 Å². The summed E-state index contributed by atoms with van der Waals surface area (Å²) in [5.74, 6) is -3.85. The van der Waals surface area contributed by atoms with Crippen LogP contribution >= 0.6 is 0 Å². The van der Waals surface area contributed by atoms with Crippen LogP contribution in [0.5, 0.6) is 0 Å². The SMILES string of the molecule is CCC1(CCN(C)C2CC2)CN(C(=O)N[C@@H](CC(F)(F)CC2CC2)C(N)=O)C1. The second-order valence-electron chi connectivity index (χ2n) is 9.28. The molecule has 0 radical (unpaired) electrons. The summed E-state index contributed by atoms with van der Waals surface area (Å²) in [5, 5.41) is 2.45. The Balaban J connectivity index is 1.46. The van der Waals surface area contributed by atoms with E-state index in [1.807, 2.05) is 0 Å². The van der Waals surface area contributed by atoms with Crippen LogP contribution in [0.2, 0.25) is 0 Å². The van der Waals surface area contributed by atoms with Gasteiger partial charge in [-0.2, -0.15) is 0 Å². The molecule has 6 nitrogen and oxygen atoms in total. The van der Waals surface area contributed by atoms with Gasteiger partial charge in [-0.3, -0.25) is 4.79 Å². The number of urea groups is 1. The average Bonchev–Trinajstić information content (AvgIpc) is 3.46. The van der Waals surface area contributed by atoms with Crippen LogP contribution in [0, 0.1) is 11.3 Å². The predicted molar refractivity (Wildman–Crippen MR) is 103 cm³/mol. The molecule has 3 amide bonds. The van der Waals surface area contributed by atoms with Gasteiger partial charge in [0.2, 0.25) is 5.91 Å². The Morgan fingerprint density at radius 3 is 2.43 bits per heavy atom. The summed E-state index contributed by atoms with van der Waals surface area (Å²) in [6.07, 6.45) is 5.19. The molecule has 3 N–H and O–H groups in total. The van der Waals surface area contributed by atoms with Crippen LogP contribution in [0.1, 0.15) is 58.3 Å². The zero-order chi connectivity index (χ0) is 20.5. The van der Waals surface area contributed by atoms with Crippen LogP contribution in [-0.2, 0) is 4.79 Å². The minimum atomic E-state index is -2.98. The Bertz CT molecular complexity index is 587. The van der Waals surface area contributed by atoms with E-state index < -0.39 is 30.3 Å². The van der Waals surface area contributed by atoms with Crippen molar-refractivity contribution in [2.75, 3.05) is 26.7 Å². The third kappa shape index (κ3) is 5.55. The van der Waals surface area contributed by atoms with Crippen LogP contribution in [0.4, 0.5) is 13.6 Å². The van der Waals surface area contributed by atoms with E-state index in [9.17, 15) is 18.4 Å². The van der Waals surface area contributed by atoms with Crippen LogP contribution in [0.3, 0.4) is 0 Å². The summed E-state index contributed by atoms with van der Waals surface area (Å²) < 4.78 is 28.2. The highest BCUT2D eigenvalue weighted by Crippen LogP contribution is 2.41. The molecule has 28 heavy (non-hydrogen) atoms. The summed E-state index contributed by atoms with van der Waals surface area (Å²) in [4.78, 5) is 28.1. The topological polar surface area (TPSA) is 78.7 Å². The fourth-order valence-corrected chi connectivity index (χ4v) is 4.17. The molecular formula is C20H34F2N4O2. The second kappa shape index (κ2) is 8.13. The number of rotatable bonds is 11. The van der Waals surface area contributed by atoms with E-state index in [2.05, 4.69) is 24.2 Å². The molecule has 1 aliphatic heterocycles. The molecule has 0 aromatic carbocycles. The standard InChI is InChI=1S/C20H34F2N4O2/c1-3-19(8-9-25(2)15-6-7-15)12-26(13-19)18(28)24-16(17(23)27)11-20(21,22)10-14-4-5-14/h14-16H,3-13H2,1-2H3,(H2,23,27)(H,24,28)/t16-/m0/s1. The number of primary amides is 1. The van der Waals surface area contributed by atoms with E-state index in [1.54, 1.807) is 4.90 Å². The van der Waals surface area contributed by atoms with Crippen LogP contribution in [-0.4, -0.2) is 66.4 Å². The van der Waals surface area contributed by atoms with Crippen molar-refractivity contribution in [1.29, 1.82) is 0 Å². The third-order valence-electron chi connectivity index (χ3n) is 6.68. The van der Waals surface area contributed by atoms with Crippen molar-refractivity contribution in [3.05, 3.63) is 0 Å². The first-order valence-corrected chi connectivity index (χ1v) is 10.6. The molecule has 2 saturated carbocycles. The number of nitrogens with two attached hydrogens (primary N) is 1. The van der Waals surface area contributed by atoms with Crippen LogP contribution in [0.15, 0.2) is 0 Å². The van der Waals surface area contributed by atoms with Gasteiger partial charge in [-0.15, -0.1) is 0 Å². The maximum Gasteiger partial charge on any atom is 0.318 e. The molecule has 3 rings (SSSR count). The van der Waals surface area contributed by atoms with Crippen molar-refractivity contribution in [2.45, 2.75) is 76.3 Å². The molecular weight excluding hydrogens is 366 g/mol. The van der Waals surface area contributed by atoms with Crippen molar-refractivity contribution < 1.29 is 18.4 Å². The van der Waals surface area contributed by atoms with Crippen molar-refractivity contribution in [2.24, 2.45) is 17.1 Å². The molecule has 3 aliphatic rings. The van der Waals surface area contributed by atoms with Crippen molar-refractivity contribution in [3.8, 4) is 0 Å². The Labute approximate surface area is 166 Å². The lowest BCUT2D eigenvalue weighted by Crippen LogP contribution is -2.63. The van der Waals surface area contributed by atoms with Gasteiger partial charge in [0.25, 0.3) is 5.92 Å². The quantitative estimate of drug-likeness (QED) is 0.560. The molecule has 0 unspecified atom stereocenters. The van der Waals surface area contributed by atoms with E-state index in [1.165, 1.54) is 12.8 Å². The number of halogens is 2. The summed E-state index contributed by atoms with van der Waals surface area (Å²) in [5.41, 5.74) is 5.36. The van der Waals surface area contributed by atoms with Gasteiger partial charge in [0.1, 0.15) is 6.04 Å². The van der Waals surface area contributed by atoms with Gasteiger partial charge in [-0.05, 0) is 58.0 Å². The first-order chi connectivity index (χ1) is 13.1. The third-order valence-corrected chi connectivity index (χ3v) is 6.68. The number of hydrogen-bond acceptors (Lipinski definition) is 3. The number of carbonyl (C=O) groups excluding carboxylic acids is 2. The number of carbonyl (C=O) groups is 2. The highest BCUT2D eigenvalue weighted by molar-refractivity contribution is 5.86. The number of likely N-dealkylation sites (tertiary alicyclic amines) is 1. The zero-order valence-corrected chi connectivity index (χ0v) is 17.1. The van der Waals surface area contributed by atoms with Gasteiger partial charge >= 0.3 is 6.03 Å². The lowest BCUT2D eigenvalue weighted by Gasteiger charge is -2.50. The number of nitrogens with zero attached hydrogens (tertiary/aromatic N) is 2. The van der Waals surface area contributed by atoms with Gasteiger partial charge < -0.3 is 20.9 Å². The fraction of sp³-hybridized carbons (Fsp3) is 0.900. The Morgan fingerprint density at radius 2 is 1.93 bits per heavy atom. The first kappa shape index (κ1) is 21.3. The van der Waals surface area contributed by atoms with Gasteiger partial charge in [-0.1, -0.05) is 6.92 Å². The van der Waals surface area contributed by atoms with Crippen LogP contribution < -0.4 is 11.1 Å². The molecule has 0 aromatic heterocycles. The lowest BCUT2D eigenvalue weighted by atomic mass is 9.74. The largest absolute Gasteiger partial charge is 0.368 e. The number of amides is 3. The van der Waals surface area contributed by atoms with Crippen LogP contribution in [0.25, 0.3) is 0 Å². The number of alkyl halides is 2. The van der Waals surface area contributed by atoms with Gasteiger partial charge in [0, 0.05) is 37.4 Å². The van der Waals surface area contributed by atoms with Gasteiger partial charge in [0.05, 0.1) is 0 Å².